The van der Waals surface area contributed by atoms with E-state index < -0.39 is 0 Å². The van der Waals surface area contributed by atoms with Gasteiger partial charge in [-0.15, -0.1) is 5.10 Å². The van der Waals surface area contributed by atoms with Gasteiger partial charge in [-0.05, 0) is 53.7 Å². The lowest BCUT2D eigenvalue weighted by atomic mass is 9.95. The Bertz CT molecular complexity index is 675. The highest BCUT2D eigenvalue weighted by molar-refractivity contribution is 6.43. The second-order valence-corrected chi connectivity index (χ2v) is 6.84. The maximum absolute atomic E-state index is 6.12. The van der Waals surface area contributed by atoms with Gasteiger partial charge in [0.15, 0.2) is 5.82 Å². The van der Waals surface area contributed by atoms with Crippen molar-refractivity contribution in [3.05, 3.63) is 22.2 Å². The lowest BCUT2D eigenvalue weighted by molar-refractivity contribution is 0.304. The van der Waals surface area contributed by atoms with E-state index in [2.05, 4.69) is 15.5 Å². The predicted molar refractivity (Wildman–Crippen MR) is 82.2 cm³/mol. The lowest BCUT2D eigenvalue weighted by Gasteiger charge is -2.22. The van der Waals surface area contributed by atoms with E-state index in [-0.39, 0.29) is 0 Å². The van der Waals surface area contributed by atoms with Crippen LogP contribution in [0.3, 0.4) is 0 Å². The zero-order valence-corrected chi connectivity index (χ0v) is 12.8. The predicted octanol–water partition coefficient (Wildman–Crippen LogP) is 3.59. The number of benzene rings is 1. The summed E-state index contributed by atoms with van der Waals surface area (Å²) < 4.78 is 1.95. The number of fused-ring (bicyclic) bond motifs is 2. The number of tetrazole rings is 1. The molecule has 3 atom stereocenters. The zero-order valence-electron chi connectivity index (χ0n) is 11.3. The molecular formula is C14H15Cl2N5. The van der Waals surface area contributed by atoms with Crippen LogP contribution in [-0.2, 0) is 0 Å². The average Bonchev–Trinajstić information content (AvgIpc) is 3.18. The molecule has 7 heteroatoms. The molecule has 0 aliphatic heterocycles. The molecule has 4 rings (SSSR count). The molecule has 2 bridgehead atoms. The molecule has 110 valence electrons. The van der Waals surface area contributed by atoms with Gasteiger partial charge in [-0.3, -0.25) is 0 Å². The standard InChI is InChI=1S/C14H15Cl2N5/c15-10-5-9(6-11(17)13(10)16)14-18-19-20-21(14)12-4-7-1-2-8(12)3-7/h5-8,12H,1-4,17H2. The molecule has 2 saturated carbocycles. The quantitative estimate of drug-likeness (QED) is 0.857. The third-order valence-electron chi connectivity index (χ3n) is 4.82. The van der Waals surface area contributed by atoms with Crippen LogP contribution >= 0.6 is 23.2 Å². The van der Waals surface area contributed by atoms with Crippen molar-refractivity contribution in [3.8, 4) is 11.4 Å². The minimum atomic E-state index is 0.374. The number of nitrogen functional groups attached to an aromatic ring is 1. The fourth-order valence-electron chi connectivity index (χ4n) is 3.86. The fourth-order valence-corrected chi connectivity index (χ4v) is 4.19. The number of hydrogen-bond donors (Lipinski definition) is 1. The number of aromatic nitrogens is 4. The first-order chi connectivity index (χ1) is 10.1. The van der Waals surface area contributed by atoms with E-state index in [9.17, 15) is 0 Å². The van der Waals surface area contributed by atoms with E-state index >= 15 is 0 Å². The van der Waals surface area contributed by atoms with Crippen LogP contribution in [0.2, 0.25) is 10.0 Å². The van der Waals surface area contributed by atoms with Gasteiger partial charge in [-0.25, -0.2) is 4.68 Å². The number of anilines is 1. The molecule has 2 aliphatic carbocycles. The minimum absolute atomic E-state index is 0.374. The van der Waals surface area contributed by atoms with Crippen LogP contribution in [0.1, 0.15) is 31.7 Å². The summed E-state index contributed by atoms with van der Waals surface area (Å²) in [5, 5.41) is 13.0. The molecule has 0 amide bonds. The van der Waals surface area contributed by atoms with E-state index in [4.69, 9.17) is 28.9 Å². The van der Waals surface area contributed by atoms with Crippen LogP contribution in [0, 0.1) is 11.8 Å². The third kappa shape index (κ3) is 2.10. The van der Waals surface area contributed by atoms with Gasteiger partial charge in [-0.1, -0.05) is 29.6 Å². The van der Waals surface area contributed by atoms with Crippen molar-refractivity contribution in [1.29, 1.82) is 0 Å². The Labute approximate surface area is 132 Å². The van der Waals surface area contributed by atoms with E-state index in [1.54, 1.807) is 12.1 Å². The summed E-state index contributed by atoms with van der Waals surface area (Å²) in [4.78, 5) is 0. The van der Waals surface area contributed by atoms with Crippen molar-refractivity contribution in [2.75, 3.05) is 5.73 Å². The monoisotopic (exact) mass is 323 g/mol. The van der Waals surface area contributed by atoms with Crippen molar-refractivity contribution >= 4 is 28.9 Å². The van der Waals surface area contributed by atoms with Crippen LogP contribution < -0.4 is 5.73 Å². The van der Waals surface area contributed by atoms with Gasteiger partial charge in [0.2, 0.25) is 0 Å². The van der Waals surface area contributed by atoms with Crippen molar-refractivity contribution in [2.24, 2.45) is 11.8 Å². The van der Waals surface area contributed by atoms with Gasteiger partial charge >= 0.3 is 0 Å². The topological polar surface area (TPSA) is 69.6 Å². The molecule has 1 aromatic heterocycles. The van der Waals surface area contributed by atoms with E-state index in [1.165, 1.54) is 25.7 Å². The van der Waals surface area contributed by atoms with Crippen LogP contribution in [-0.4, -0.2) is 20.2 Å². The van der Waals surface area contributed by atoms with Crippen molar-refractivity contribution in [1.82, 2.24) is 20.2 Å². The molecular weight excluding hydrogens is 309 g/mol. The molecule has 2 fully saturated rings. The number of nitrogens with two attached hydrogens (primary N) is 1. The molecule has 1 heterocycles. The van der Waals surface area contributed by atoms with Crippen LogP contribution in [0.15, 0.2) is 12.1 Å². The smallest absolute Gasteiger partial charge is 0.182 e. The molecule has 1 aromatic carbocycles. The van der Waals surface area contributed by atoms with Crippen molar-refractivity contribution in [2.45, 2.75) is 31.7 Å². The summed E-state index contributed by atoms with van der Waals surface area (Å²) in [6.45, 7) is 0. The SMILES string of the molecule is Nc1cc(-c2nnnn2C2CC3CCC2C3)cc(Cl)c1Cl. The molecule has 0 spiro atoms. The second kappa shape index (κ2) is 4.85. The molecule has 3 unspecified atom stereocenters. The maximum Gasteiger partial charge on any atom is 0.182 e. The molecule has 2 aromatic rings. The first-order valence-corrected chi connectivity index (χ1v) is 7.92. The number of halogens is 2. The van der Waals surface area contributed by atoms with Gasteiger partial charge in [0, 0.05) is 5.56 Å². The lowest BCUT2D eigenvalue weighted by Crippen LogP contribution is -2.18. The summed E-state index contributed by atoms with van der Waals surface area (Å²) in [7, 11) is 0. The van der Waals surface area contributed by atoms with E-state index in [0.29, 0.717) is 27.7 Å². The molecule has 2 aliphatic rings. The van der Waals surface area contributed by atoms with Crippen LogP contribution in [0.4, 0.5) is 5.69 Å². The fraction of sp³-hybridized carbons (Fsp3) is 0.500. The summed E-state index contributed by atoms with van der Waals surface area (Å²) >= 11 is 12.1. The summed E-state index contributed by atoms with van der Waals surface area (Å²) in [5.41, 5.74) is 7.16. The van der Waals surface area contributed by atoms with E-state index in [1.807, 2.05) is 4.68 Å². The summed E-state index contributed by atoms with van der Waals surface area (Å²) in [6, 6.07) is 3.95. The highest BCUT2D eigenvalue weighted by atomic mass is 35.5. The molecule has 5 nitrogen and oxygen atoms in total. The minimum Gasteiger partial charge on any atom is -0.397 e. The van der Waals surface area contributed by atoms with Gasteiger partial charge in [0.05, 0.1) is 21.8 Å². The number of hydrogen-bond acceptors (Lipinski definition) is 4. The first kappa shape index (κ1) is 13.3. The highest BCUT2D eigenvalue weighted by Gasteiger charge is 2.42. The van der Waals surface area contributed by atoms with Gasteiger partial charge in [0.25, 0.3) is 0 Å². The Morgan fingerprint density at radius 1 is 1.19 bits per heavy atom. The van der Waals surface area contributed by atoms with Crippen LogP contribution in [0.5, 0.6) is 0 Å². The Morgan fingerprint density at radius 2 is 2.05 bits per heavy atom. The summed E-state index contributed by atoms with van der Waals surface area (Å²) in [6.07, 6.45) is 5.09. The average molecular weight is 324 g/mol. The molecule has 21 heavy (non-hydrogen) atoms. The van der Waals surface area contributed by atoms with Gasteiger partial charge in [0.1, 0.15) is 0 Å². The molecule has 0 saturated heterocycles. The van der Waals surface area contributed by atoms with E-state index in [0.717, 1.165) is 17.3 Å². The van der Waals surface area contributed by atoms with Gasteiger partial charge < -0.3 is 5.73 Å². The number of rotatable bonds is 2. The highest BCUT2D eigenvalue weighted by Crippen LogP contribution is 2.51. The Balaban J connectivity index is 1.76. The zero-order chi connectivity index (χ0) is 14.6. The Kier molecular flexibility index (Phi) is 3.08. The third-order valence-corrected chi connectivity index (χ3v) is 5.64. The largest absolute Gasteiger partial charge is 0.397 e. The van der Waals surface area contributed by atoms with Crippen molar-refractivity contribution in [3.63, 3.8) is 0 Å². The maximum atomic E-state index is 6.12. The Morgan fingerprint density at radius 3 is 2.71 bits per heavy atom. The molecule has 0 radical (unpaired) electrons. The molecule has 2 N–H and O–H groups in total. The second-order valence-electron chi connectivity index (χ2n) is 6.05. The van der Waals surface area contributed by atoms with Crippen molar-refractivity contribution < 1.29 is 0 Å². The summed E-state index contributed by atoms with van der Waals surface area (Å²) in [5.74, 6) is 2.24. The van der Waals surface area contributed by atoms with Gasteiger partial charge in [-0.2, -0.15) is 0 Å². The number of nitrogens with zero attached hydrogens (tertiary/aromatic N) is 4. The normalized spacial score (nSPS) is 27.4. The first-order valence-electron chi connectivity index (χ1n) is 7.16. The Hall–Kier alpha value is -1.33. The van der Waals surface area contributed by atoms with Crippen LogP contribution in [0.25, 0.3) is 11.4 Å².